The summed E-state index contributed by atoms with van der Waals surface area (Å²) in [6, 6.07) is 7.16. The maximum atomic E-state index is 13.5. The summed E-state index contributed by atoms with van der Waals surface area (Å²) in [6.45, 7) is 0. The van der Waals surface area contributed by atoms with Crippen LogP contribution in [0.1, 0.15) is 4.88 Å². The van der Waals surface area contributed by atoms with Gasteiger partial charge in [0, 0.05) is 4.90 Å². The van der Waals surface area contributed by atoms with Gasteiger partial charge in [0.05, 0.1) is 4.70 Å². The normalized spacial score (nSPS) is 10.4. The maximum Gasteiger partial charge on any atom is 0.142 e. The van der Waals surface area contributed by atoms with E-state index in [0.717, 1.165) is 10.3 Å². The predicted molar refractivity (Wildman–Crippen MR) is 58.3 cm³/mol. The standard InChI is InChI=1S/C10H6FNS2/c1-13-7-2-6-3-8(5-12)14-10(6)9(11)4-7/h2-4H,1H3. The Kier molecular flexibility index (Phi) is 2.44. The zero-order valence-corrected chi connectivity index (χ0v) is 9.01. The second-order valence-electron chi connectivity index (χ2n) is 2.75. The third kappa shape index (κ3) is 1.49. The van der Waals surface area contributed by atoms with E-state index in [1.54, 1.807) is 6.07 Å². The first-order chi connectivity index (χ1) is 6.74. The highest BCUT2D eigenvalue weighted by atomic mass is 32.2. The first-order valence-corrected chi connectivity index (χ1v) is 5.96. The van der Waals surface area contributed by atoms with Crippen molar-refractivity contribution in [2.45, 2.75) is 4.90 Å². The van der Waals surface area contributed by atoms with Crippen LogP contribution in [-0.2, 0) is 0 Å². The Balaban J connectivity index is 2.75. The van der Waals surface area contributed by atoms with Crippen molar-refractivity contribution < 1.29 is 4.39 Å². The third-order valence-electron chi connectivity index (χ3n) is 1.89. The second kappa shape index (κ2) is 3.60. The molecular weight excluding hydrogens is 217 g/mol. The zero-order valence-electron chi connectivity index (χ0n) is 7.37. The molecular formula is C10H6FNS2. The molecule has 0 saturated heterocycles. The third-order valence-corrected chi connectivity index (χ3v) is 3.66. The van der Waals surface area contributed by atoms with Crippen LogP contribution in [0.25, 0.3) is 10.1 Å². The average molecular weight is 223 g/mol. The maximum absolute atomic E-state index is 13.5. The van der Waals surface area contributed by atoms with Crippen LogP contribution < -0.4 is 0 Å². The van der Waals surface area contributed by atoms with Crippen LogP contribution in [0, 0.1) is 17.1 Å². The molecule has 0 unspecified atom stereocenters. The van der Waals surface area contributed by atoms with E-state index in [4.69, 9.17) is 5.26 Å². The van der Waals surface area contributed by atoms with E-state index >= 15 is 0 Å². The van der Waals surface area contributed by atoms with Crippen molar-refractivity contribution in [3.63, 3.8) is 0 Å². The van der Waals surface area contributed by atoms with Crippen molar-refractivity contribution in [1.82, 2.24) is 0 Å². The Bertz CT molecular complexity index is 525. The van der Waals surface area contributed by atoms with Crippen molar-refractivity contribution in [1.29, 1.82) is 5.26 Å². The lowest BCUT2D eigenvalue weighted by Crippen LogP contribution is -1.75. The van der Waals surface area contributed by atoms with Crippen LogP contribution in [0.2, 0.25) is 0 Å². The molecule has 2 rings (SSSR count). The number of nitriles is 1. The lowest BCUT2D eigenvalue weighted by Gasteiger charge is -1.97. The summed E-state index contributed by atoms with van der Waals surface area (Å²) in [4.78, 5) is 1.44. The van der Waals surface area contributed by atoms with Gasteiger partial charge in [0.1, 0.15) is 16.8 Å². The van der Waals surface area contributed by atoms with Gasteiger partial charge in [0.2, 0.25) is 0 Å². The summed E-state index contributed by atoms with van der Waals surface area (Å²) in [5, 5.41) is 9.50. The fraction of sp³-hybridized carbons (Fsp3) is 0.100. The Morgan fingerprint density at radius 3 is 2.86 bits per heavy atom. The first kappa shape index (κ1) is 9.50. The number of halogens is 1. The van der Waals surface area contributed by atoms with Gasteiger partial charge in [-0.25, -0.2) is 4.39 Å². The first-order valence-electron chi connectivity index (χ1n) is 3.92. The number of fused-ring (bicyclic) bond motifs is 1. The molecule has 14 heavy (non-hydrogen) atoms. The number of hydrogen-bond acceptors (Lipinski definition) is 3. The number of rotatable bonds is 1. The van der Waals surface area contributed by atoms with Gasteiger partial charge in [-0.1, -0.05) is 0 Å². The summed E-state index contributed by atoms with van der Waals surface area (Å²) >= 11 is 2.69. The predicted octanol–water partition coefficient (Wildman–Crippen LogP) is 3.63. The Morgan fingerprint density at radius 1 is 1.43 bits per heavy atom. The minimum Gasteiger partial charge on any atom is -0.205 e. The van der Waals surface area contributed by atoms with E-state index in [1.165, 1.54) is 29.2 Å². The summed E-state index contributed by atoms with van der Waals surface area (Å²) in [6.07, 6.45) is 1.90. The molecule has 0 atom stereocenters. The molecule has 1 aromatic heterocycles. The van der Waals surface area contributed by atoms with Crippen molar-refractivity contribution in [3.8, 4) is 6.07 Å². The molecule has 0 fully saturated rings. The second-order valence-corrected chi connectivity index (χ2v) is 4.68. The molecule has 2 aromatic rings. The van der Waals surface area contributed by atoms with Crippen LogP contribution in [0.15, 0.2) is 23.1 Å². The van der Waals surface area contributed by atoms with Crippen molar-refractivity contribution >= 4 is 33.2 Å². The van der Waals surface area contributed by atoms with Crippen LogP contribution in [-0.4, -0.2) is 6.26 Å². The molecule has 4 heteroatoms. The van der Waals surface area contributed by atoms with Gasteiger partial charge in [-0.15, -0.1) is 23.1 Å². The number of benzene rings is 1. The molecule has 0 amide bonds. The summed E-state index contributed by atoms with van der Waals surface area (Å²) < 4.78 is 14.0. The Morgan fingerprint density at radius 2 is 2.21 bits per heavy atom. The molecule has 0 aliphatic carbocycles. The van der Waals surface area contributed by atoms with Crippen LogP contribution in [0.3, 0.4) is 0 Å². The molecule has 0 spiro atoms. The molecule has 0 N–H and O–H groups in total. The van der Waals surface area contributed by atoms with E-state index < -0.39 is 0 Å². The highest BCUT2D eigenvalue weighted by molar-refractivity contribution is 7.98. The molecule has 1 aromatic carbocycles. The average Bonchev–Trinajstić information content (AvgIpc) is 2.61. The summed E-state index contributed by atoms with van der Waals surface area (Å²) in [5.41, 5.74) is 0. The van der Waals surface area contributed by atoms with Gasteiger partial charge in [-0.05, 0) is 29.8 Å². The van der Waals surface area contributed by atoms with Crippen molar-refractivity contribution in [2.24, 2.45) is 0 Å². The lowest BCUT2D eigenvalue weighted by molar-refractivity contribution is 0.638. The minimum absolute atomic E-state index is 0.238. The van der Waals surface area contributed by atoms with Gasteiger partial charge in [0.15, 0.2) is 0 Å². The van der Waals surface area contributed by atoms with Crippen LogP contribution in [0.5, 0.6) is 0 Å². The molecule has 0 saturated carbocycles. The summed E-state index contributed by atoms with van der Waals surface area (Å²) in [5.74, 6) is -0.238. The van der Waals surface area contributed by atoms with E-state index in [9.17, 15) is 4.39 Å². The fourth-order valence-corrected chi connectivity index (χ4v) is 2.57. The monoisotopic (exact) mass is 223 g/mol. The number of thioether (sulfide) groups is 1. The lowest BCUT2D eigenvalue weighted by atomic mass is 10.2. The van der Waals surface area contributed by atoms with Crippen LogP contribution >= 0.6 is 23.1 Å². The highest BCUT2D eigenvalue weighted by Crippen LogP contribution is 2.31. The smallest absolute Gasteiger partial charge is 0.142 e. The molecule has 0 radical (unpaired) electrons. The molecule has 1 nitrogen and oxygen atoms in total. The molecule has 0 aliphatic rings. The highest BCUT2D eigenvalue weighted by Gasteiger charge is 2.07. The molecule has 0 bridgehead atoms. The fourth-order valence-electron chi connectivity index (χ4n) is 1.26. The topological polar surface area (TPSA) is 23.8 Å². The quantitative estimate of drug-likeness (QED) is 0.689. The van der Waals surface area contributed by atoms with Crippen molar-refractivity contribution in [2.75, 3.05) is 6.26 Å². The molecule has 1 heterocycles. The van der Waals surface area contributed by atoms with E-state index in [0.29, 0.717) is 9.58 Å². The van der Waals surface area contributed by atoms with E-state index in [-0.39, 0.29) is 5.82 Å². The zero-order chi connectivity index (χ0) is 10.1. The van der Waals surface area contributed by atoms with E-state index in [2.05, 4.69) is 0 Å². The van der Waals surface area contributed by atoms with E-state index in [1.807, 2.05) is 18.4 Å². The Hall–Kier alpha value is -1.05. The molecule has 70 valence electrons. The molecule has 0 aliphatic heterocycles. The van der Waals surface area contributed by atoms with Gasteiger partial charge >= 0.3 is 0 Å². The summed E-state index contributed by atoms with van der Waals surface area (Å²) in [7, 11) is 0. The van der Waals surface area contributed by atoms with Gasteiger partial charge in [-0.2, -0.15) is 5.26 Å². The van der Waals surface area contributed by atoms with Gasteiger partial charge < -0.3 is 0 Å². The largest absolute Gasteiger partial charge is 0.205 e. The van der Waals surface area contributed by atoms with Gasteiger partial charge in [-0.3, -0.25) is 0 Å². The Labute approximate surface area is 89.2 Å². The number of thiophene rings is 1. The number of nitrogens with zero attached hydrogens (tertiary/aromatic N) is 1. The van der Waals surface area contributed by atoms with Gasteiger partial charge in [0.25, 0.3) is 0 Å². The SMILES string of the molecule is CSc1cc(F)c2sc(C#N)cc2c1. The van der Waals surface area contributed by atoms with Crippen LogP contribution in [0.4, 0.5) is 4.39 Å². The number of hydrogen-bond donors (Lipinski definition) is 0. The minimum atomic E-state index is -0.238. The van der Waals surface area contributed by atoms with Crippen molar-refractivity contribution in [3.05, 3.63) is 28.9 Å².